The summed E-state index contributed by atoms with van der Waals surface area (Å²) in [6.45, 7) is 0. The van der Waals surface area contributed by atoms with Gasteiger partial charge in [-0.2, -0.15) is 0 Å². The van der Waals surface area contributed by atoms with E-state index in [0.29, 0.717) is 38.9 Å². The Morgan fingerprint density at radius 1 is 0.375 bits per heavy atom. The van der Waals surface area contributed by atoms with Crippen LogP contribution < -0.4 is 5.41 Å². The van der Waals surface area contributed by atoms with Crippen molar-refractivity contribution in [2.75, 3.05) is 0 Å². The van der Waals surface area contributed by atoms with Crippen LogP contribution in [0.3, 0.4) is 0 Å². The summed E-state index contributed by atoms with van der Waals surface area (Å²) >= 11 is 2.11. The van der Waals surface area contributed by atoms with Crippen LogP contribution in [0.15, 0.2) is 158 Å². The molecule has 0 bridgehead atoms. The van der Waals surface area contributed by atoms with Gasteiger partial charge in [0.15, 0.2) is 0 Å². The third kappa shape index (κ3) is 6.72. The highest BCUT2D eigenvalue weighted by Gasteiger charge is 2.19. The lowest BCUT2D eigenvalue weighted by atomic mass is 10.0. The molecule has 5 aromatic carbocycles. The molecule has 0 unspecified atom stereocenters. The lowest BCUT2D eigenvalue weighted by Gasteiger charge is -2.10. The fourth-order valence-electron chi connectivity index (χ4n) is 6.77. The first-order chi connectivity index (χ1) is 27.4. The van der Waals surface area contributed by atoms with E-state index < -0.39 is 0 Å². The SMILES string of the molecule is N=C(SC(=N)c1ccc2ccc3ccc(C(=N)SC(=[NH2+])c4cccc(-c5cccc6ccccc56)n4)nc3c2n1)c1cccc(-c2cccc3ccccc23)n1. The molecule has 0 aliphatic rings. The molecular formula is C46H31N8S2+. The maximum atomic E-state index is 8.98. The average Bonchev–Trinajstić information content (AvgIpc) is 3.25. The standard InChI is InChI=1S/C46H30N8S2/c47-43(37-19-7-17-35(51-37)33-15-5-11-27-9-1-3-13-31(27)33)55-45(49)39-25-23-29-21-22-30-24-26-40(54-42(30)41(29)53-39)46(50)56-44(48)38-20-8-18-36(52-38)34-16-6-12-28-10-2-4-14-32(28)34/h1-26,47-50H/p+1. The van der Waals surface area contributed by atoms with E-state index >= 15 is 0 Å². The quantitative estimate of drug-likeness (QED) is 0.0754. The van der Waals surface area contributed by atoms with Gasteiger partial charge < -0.3 is 0 Å². The molecule has 9 rings (SSSR count). The predicted molar refractivity (Wildman–Crippen MR) is 233 cm³/mol. The molecule has 10 heteroatoms. The van der Waals surface area contributed by atoms with Crippen LogP contribution in [0, 0.1) is 16.2 Å². The van der Waals surface area contributed by atoms with Crippen molar-refractivity contribution in [2.45, 2.75) is 0 Å². The molecule has 56 heavy (non-hydrogen) atoms. The zero-order chi connectivity index (χ0) is 38.2. The van der Waals surface area contributed by atoms with Crippen LogP contribution in [0.2, 0.25) is 0 Å². The number of hydrogen-bond donors (Lipinski definition) is 4. The van der Waals surface area contributed by atoms with Crippen LogP contribution in [0.5, 0.6) is 0 Å². The normalized spacial score (nSPS) is 11.3. The lowest BCUT2D eigenvalue weighted by molar-refractivity contribution is -0.107. The second kappa shape index (κ2) is 14.7. The zero-order valence-corrected chi connectivity index (χ0v) is 31.3. The smallest absolute Gasteiger partial charge is 0.263 e. The Bertz CT molecular complexity index is 2870. The van der Waals surface area contributed by atoms with E-state index in [1.165, 1.54) is 0 Å². The van der Waals surface area contributed by atoms with Crippen LogP contribution in [0.25, 0.3) is 65.9 Å². The molecule has 4 heterocycles. The minimum Gasteiger partial charge on any atom is -0.292 e. The van der Waals surface area contributed by atoms with E-state index in [2.05, 4.69) is 42.5 Å². The molecule has 5 N–H and O–H groups in total. The summed E-state index contributed by atoms with van der Waals surface area (Å²) in [6, 6.07) is 51.4. The van der Waals surface area contributed by atoms with E-state index in [4.69, 9.17) is 41.6 Å². The third-order valence-corrected chi connectivity index (χ3v) is 11.2. The first-order valence-corrected chi connectivity index (χ1v) is 19.4. The Kier molecular flexibility index (Phi) is 9.18. The minimum absolute atomic E-state index is 0.117. The molecule has 0 aliphatic carbocycles. The topological polar surface area (TPSA) is 149 Å². The van der Waals surface area contributed by atoms with E-state index in [1.807, 2.05) is 97.1 Å². The van der Waals surface area contributed by atoms with Crippen molar-refractivity contribution in [3.8, 4) is 22.5 Å². The second-order valence-corrected chi connectivity index (χ2v) is 15.1. The van der Waals surface area contributed by atoms with Gasteiger partial charge >= 0.3 is 0 Å². The van der Waals surface area contributed by atoms with Gasteiger partial charge in [0, 0.05) is 33.7 Å². The van der Waals surface area contributed by atoms with E-state index in [0.717, 1.165) is 78.4 Å². The molecule has 0 spiro atoms. The Morgan fingerprint density at radius 2 is 0.786 bits per heavy atom. The maximum absolute atomic E-state index is 8.98. The summed E-state index contributed by atoms with van der Waals surface area (Å²) < 4.78 is 0. The zero-order valence-electron chi connectivity index (χ0n) is 29.7. The van der Waals surface area contributed by atoms with Crippen molar-refractivity contribution < 1.29 is 5.41 Å². The molecular weight excluding hydrogens is 729 g/mol. The Balaban J connectivity index is 0.953. The molecule has 0 atom stereocenters. The molecule has 0 aliphatic heterocycles. The van der Waals surface area contributed by atoms with Gasteiger partial charge in [-0.15, -0.1) is 0 Å². The van der Waals surface area contributed by atoms with Crippen molar-refractivity contribution >= 4 is 87.0 Å². The van der Waals surface area contributed by atoms with Crippen molar-refractivity contribution in [3.05, 3.63) is 181 Å². The summed E-state index contributed by atoms with van der Waals surface area (Å²) in [5, 5.41) is 40.4. The Hall–Kier alpha value is -6.88. The van der Waals surface area contributed by atoms with Crippen molar-refractivity contribution in [2.24, 2.45) is 0 Å². The predicted octanol–water partition coefficient (Wildman–Crippen LogP) is 9.56. The first kappa shape index (κ1) is 34.9. The number of nitrogens with two attached hydrogens (primary N) is 1. The summed E-state index contributed by atoms with van der Waals surface area (Å²) in [5.41, 5.74) is 6.70. The van der Waals surface area contributed by atoms with Crippen LogP contribution in [0.1, 0.15) is 22.8 Å². The van der Waals surface area contributed by atoms with Crippen molar-refractivity contribution in [1.82, 2.24) is 19.9 Å². The van der Waals surface area contributed by atoms with E-state index in [9.17, 15) is 0 Å². The summed E-state index contributed by atoms with van der Waals surface area (Å²) in [6.07, 6.45) is 0. The number of pyridine rings is 4. The number of thioether (sulfide) groups is 2. The fourth-order valence-corrected chi connectivity index (χ4v) is 8.07. The molecule has 0 fully saturated rings. The second-order valence-electron chi connectivity index (χ2n) is 13.0. The molecule has 0 saturated carbocycles. The van der Waals surface area contributed by atoms with E-state index in [1.54, 1.807) is 18.2 Å². The van der Waals surface area contributed by atoms with Gasteiger partial charge in [-0.1, -0.05) is 121 Å². The van der Waals surface area contributed by atoms with Gasteiger partial charge in [0.2, 0.25) is 0 Å². The number of fused-ring (bicyclic) bond motifs is 5. The van der Waals surface area contributed by atoms with Crippen molar-refractivity contribution in [1.29, 1.82) is 16.2 Å². The van der Waals surface area contributed by atoms with Gasteiger partial charge in [-0.05, 0) is 69.7 Å². The van der Waals surface area contributed by atoms with Crippen LogP contribution in [0.4, 0.5) is 0 Å². The lowest BCUT2D eigenvalue weighted by Crippen LogP contribution is -2.39. The Morgan fingerprint density at radius 3 is 1.34 bits per heavy atom. The molecule has 8 nitrogen and oxygen atoms in total. The number of benzene rings is 5. The van der Waals surface area contributed by atoms with Crippen LogP contribution >= 0.6 is 23.5 Å². The largest absolute Gasteiger partial charge is 0.292 e. The number of aromatic nitrogens is 4. The average molecular weight is 760 g/mol. The number of hydrogen-bond acceptors (Lipinski definition) is 9. The van der Waals surface area contributed by atoms with Crippen LogP contribution in [-0.2, 0) is 0 Å². The highest BCUT2D eigenvalue weighted by Crippen LogP contribution is 2.31. The van der Waals surface area contributed by atoms with Gasteiger partial charge in [-0.3, -0.25) is 16.2 Å². The molecule has 0 amide bonds. The number of nitrogens with zero attached hydrogens (tertiary/aromatic N) is 4. The summed E-state index contributed by atoms with van der Waals surface area (Å²) in [7, 11) is 0. The van der Waals surface area contributed by atoms with Gasteiger partial charge in [0.1, 0.15) is 20.8 Å². The summed E-state index contributed by atoms with van der Waals surface area (Å²) in [5.74, 6) is 0. The minimum atomic E-state index is 0.117. The summed E-state index contributed by atoms with van der Waals surface area (Å²) in [4.78, 5) is 19.5. The fraction of sp³-hybridized carbons (Fsp3) is 0. The highest BCUT2D eigenvalue weighted by molar-refractivity contribution is 8.27. The van der Waals surface area contributed by atoms with Gasteiger partial charge in [0.05, 0.1) is 39.5 Å². The monoisotopic (exact) mass is 759 g/mol. The molecule has 0 radical (unpaired) electrons. The molecule has 266 valence electrons. The van der Waals surface area contributed by atoms with E-state index in [-0.39, 0.29) is 15.1 Å². The molecule has 0 saturated heterocycles. The van der Waals surface area contributed by atoms with Gasteiger partial charge in [0.25, 0.3) is 5.04 Å². The maximum Gasteiger partial charge on any atom is 0.263 e. The Labute approximate surface area is 330 Å². The van der Waals surface area contributed by atoms with Gasteiger partial charge in [-0.25, -0.2) is 25.3 Å². The van der Waals surface area contributed by atoms with Crippen molar-refractivity contribution in [3.63, 3.8) is 0 Å². The van der Waals surface area contributed by atoms with Crippen LogP contribution in [-0.4, -0.2) is 40.1 Å². The third-order valence-electron chi connectivity index (χ3n) is 9.52. The molecule has 9 aromatic rings. The molecule has 4 aromatic heterocycles. The highest BCUT2D eigenvalue weighted by atomic mass is 32.2. The number of rotatable bonds is 6. The first-order valence-electron chi connectivity index (χ1n) is 17.8. The number of nitrogens with one attached hydrogen (secondary N) is 3.